The molecule has 0 aliphatic carbocycles. The normalized spacial score (nSPS) is 11.5. The van der Waals surface area contributed by atoms with Gasteiger partial charge in [-0.05, 0) is 25.0 Å². The van der Waals surface area contributed by atoms with Crippen molar-refractivity contribution < 1.29 is 14.3 Å². The molecule has 118 valence electrons. The molecule has 1 N–H and O–H groups in total. The maximum atomic E-state index is 12.3. The van der Waals surface area contributed by atoms with Gasteiger partial charge in [0.25, 0.3) is 5.91 Å². The Morgan fingerprint density at radius 3 is 2.91 bits per heavy atom. The van der Waals surface area contributed by atoms with Crippen molar-refractivity contribution in [1.82, 2.24) is 10.3 Å². The molecule has 1 amide bonds. The van der Waals surface area contributed by atoms with E-state index in [1.54, 1.807) is 6.07 Å². The summed E-state index contributed by atoms with van der Waals surface area (Å²) in [6.45, 7) is 0. The number of aromatic nitrogens is 1. The summed E-state index contributed by atoms with van der Waals surface area (Å²) in [4.78, 5) is 28.3. The summed E-state index contributed by atoms with van der Waals surface area (Å²) in [6.07, 6.45) is 2.65. The highest BCUT2D eigenvalue weighted by Crippen LogP contribution is 2.13. The summed E-state index contributed by atoms with van der Waals surface area (Å²) in [5, 5.41) is 12.1. The van der Waals surface area contributed by atoms with Crippen molar-refractivity contribution in [2.45, 2.75) is 25.3 Å². The number of carbonyl (C=O) groups excluding carboxylic acids is 2. The number of benzene rings is 1. The van der Waals surface area contributed by atoms with Crippen LogP contribution in [0.1, 0.15) is 29.6 Å². The maximum absolute atomic E-state index is 12.3. The standard InChI is InChI=1S/C17H17N3O3/c1-23-17(22)15(8-4-5-9-18)20-16(21)13-10-12-6-2-3-7-14(12)19-11-13/h2-3,6-7,10-11,15H,4-5,8H2,1H3,(H,20,21)/t15-/m0/s1. The van der Waals surface area contributed by atoms with Gasteiger partial charge in [-0.3, -0.25) is 9.78 Å². The largest absolute Gasteiger partial charge is 0.467 e. The molecule has 0 unspecified atom stereocenters. The van der Waals surface area contributed by atoms with E-state index in [9.17, 15) is 9.59 Å². The van der Waals surface area contributed by atoms with E-state index in [4.69, 9.17) is 10.00 Å². The minimum atomic E-state index is -0.771. The second-order valence-corrected chi connectivity index (χ2v) is 5.02. The van der Waals surface area contributed by atoms with Crippen molar-refractivity contribution >= 4 is 22.8 Å². The SMILES string of the molecule is COC(=O)[C@H](CCCC#N)NC(=O)c1cnc2ccccc2c1. The van der Waals surface area contributed by atoms with Gasteiger partial charge in [0.15, 0.2) is 0 Å². The zero-order valence-corrected chi connectivity index (χ0v) is 12.8. The van der Waals surface area contributed by atoms with E-state index in [0.29, 0.717) is 24.8 Å². The minimum Gasteiger partial charge on any atom is -0.467 e. The molecule has 2 aromatic rings. The summed E-state index contributed by atoms with van der Waals surface area (Å²) < 4.78 is 4.70. The quantitative estimate of drug-likeness (QED) is 0.652. The number of pyridine rings is 1. The van der Waals surface area contributed by atoms with Crippen molar-refractivity contribution in [1.29, 1.82) is 5.26 Å². The number of methoxy groups -OCH3 is 1. The van der Waals surface area contributed by atoms with Crippen molar-refractivity contribution in [2.24, 2.45) is 0 Å². The lowest BCUT2D eigenvalue weighted by molar-refractivity contribution is -0.143. The van der Waals surface area contributed by atoms with Crippen LogP contribution in [-0.2, 0) is 9.53 Å². The highest BCUT2D eigenvalue weighted by Gasteiger charge is 2.22. The molecule has 1 atom stereocenters. The molecule has 0 spiro atoms. The number of nitriles is 1. The molecule has 6 nitrogen and oxygen atoms in total. The third-order valence-corrected chi connectivity index (χ3v) is 3.43. The summed E-state index contributed by atoms with van der Waals surface area (Å²) in [7, 11) is 1.27. The molecule has 2 rings (SSSR count). The Labute approximate surface area is 134 Å². The number of nitrogens with one attached hydrogen (secondary N) is 1. The first kappa shape index (κ1) is 16.4. The second-order valence-electron chi connectivity index (χ2n) is 5.02. The zero-order chi connectivity index (χ0) is 16.7. The number of esters is 1. The Hall–Kier alpha value is -2.94. The first-order chi connectivity index (χ1) is 11.2. The van der Waals surface area contributed by atoms with E-state index in [-0.39, 0.29) is 0 Å². The topological polar surface area (TPSA) is 92.1 Å². The number of fused-ring (bicyclic) bond motifs is 1. The van der Waals surface area contributed by atoms with E-state index in [2.05, 4.69) is 10.3 Å². The first-order valence-electron chi connectivity index (χ1n) is 7.26. The zero-order valence-electron chi connectivity index (χ0n) is 12.8. The van der Waals surface area contributed by atoms with Crippen LogP contribution in [0.5, 0.6) is 0 Å². The highest BCUT2D eigenvalue weighted by atomic mass is 16.5. The van der Waals surface area contributed by atoms with Gasteiger partial charge < -0.3 is 10.1 Å². The molecule has 0 aliphatic heterocycles. The van der Waals surface area contributed by atoms with E-state index in [1.165, 1.54) is 13.3 Å². The number of amides is 1. The summed E-state index contributed by atoms with van der Waals surface area (Å²) in [5.41, 5.74) is 1.17. The van der Waals surface area contributed by atoms with Crippen LogP contribution >= 0.6 is 0 Å². The molecule has 0 aliphatic rings. The predicted octanol–water partition coefficient (Wildman–Crippen LogP) is 2.20. The van der Waals surface area contributed by atoms with E-state index < -0.39 is 17.9 Å². The van der Waals surface area contributed by atoms with Crippen LogP contribution in [0.25, 0.3) is 10.9 Å². The minimum absolute atomic E-state index is 0.320. The van der Waals surface area contributed by atoms with Gasteiger partial charge in [0, 0.05) is 18.0 Å². The van der Waals surface area contributed by atoms with Gasteiger partial charge in [-0.1, -0.05) is 18.2 Å². The Kier molecular flexibility index (Phi) is 5.64. The van der Waals surface area contributed by atoms with Crippen LogP contribution in [0.2, 0.25) is 0 Å². The number of unbranched alkanes of at least 4 members (excludes halogenated alkanes) is 1. The number of rotatable bonds is 6. The van der Waals surface area contributed by atoms with E-state index in [0.717, 1.165) is 10.9 Å². The molecular weight excluding hydrogens is 294 g/mol. The molecule has 0 radical (unpaired) electrons. The second kappa shape index (κ2) is 7.90. The van der Waals surface area contributed by atoms with E-state index in [1.807, 2.05) is 30.3 Å². The molecule has 0 fully saturated rings. The van der Waals surface area contributed by atoms with Gasteiger partial charge in [0.2, 0.25) is 0 Å². The number of hydrogen-bond donors (Lipinski definition) is 1. The molecular formula is C17H17N3O3. The molecule has 0 saturated carbocycles. The average molecular weight is 311 g/mol. The number of para-hydroxylation sites is 1. The van der Waals surface area contributed by atoms with Gasteiger partial charge in [-0.15, -0.1) is 0 Å². The lowest BCUT2D eigenvalue weighted by Crippen LogP contribution is -2.41. The van der Waals surface area contributed by atoms with Crippen LogP contribution in [0.15, 0.2) is 36.5 Å². The number of ether oxygens (including phenoxy) is 1. The lowest BCUT2D eigenvalue weighted by Gasteiger charge is -2.16. The first-order valence-corrected chi connectivity index (χ1v) is 7.26. The lowest BCUT2D eigenvalue weighted by atomic mass is 10.1. The molecule has 0 bridgehead atoms. The van der Waals surface area contributed by atoms with Crippen molar-refractivity contribution in [3.8, 4) is 6.07 Å². The molecule has 6 heteroatoms. The molecule has 1 aromatic carbocycles. The van der Waals surface area contributed by atoms with Crippen molar-refractivity contribution in [2.75, 3.05) is 7.11 Å². The third kappa shape index (κ3) is 4.27. The smallest absolute Gasteiger partial charge is 0.328 e. The summed E-state index contributed by atoms with van der Waals surface area (Å²) in [5.74, 6) is -0.916. The molecule has 0 saturated heterocycles. The number of hydrogen-bond acceptors (Lipinski definition) is 5. The van der Waals surface area contributed by atoms with Crippen LogP contribution in [0, 0.1) is 11.3 Å². The summed E-state index contributed by atoms with van der Waals surface area (Å²) >= 11 is 0. The van der Waals surface area contributed by atoms with Crippen molar-refractivity contribution in [3.05, 3.63) is 42.1 Å². The number of nitrogens with zero attached hydrogens (tertiary/aromatic N) is 2. The number of carbonyl (C=O) groups is 2. The Balaban J connectivity index is 2.12. The molecule has 1 heterocycles. The Morgan fingerprint density at radius 2 is 2.17 bits per heavy atom. The average Bonchev–Trinajstić information content (AvgIpc) is 2.59. The fourth-order valence-electron chi connectivity index (χ4n) is 2.21. The van der Waals surface area contributed by atoms with Crippen LogP contribution in [0.3, 0.4) is 0 Å². The Morgan fingerprint density at radius 1 is 1.39 bits per heavy atom. The maximum Gasteiger partial charge on any atom is 0.328 e. The van der Waals surface area contributed by atoms with Crippen molar-refractivity contribution in [3.63, 3.8) is 0 Å². The predicted molar refractivity (Wildman–Crippen MR) is 84.5 cm³/mol. The summed E-state index contributed by atoms with van der Waals surface area (Å²) in [6, 6.07) is 10.4. The van der Waals surface area contributed by atoms with Gasteiger partial charge in [0.05, 0.1) is 24.3 Å². The van der Waals surface area contributed by atoms with Crippen LogP contribution in [0.4, 0.5) is 0 Å². The van der Waals surface area contributed by atoms with Crippen LogP contribution in [-0.4, -0.2) is 30.0 Å². The third-order valence-electron chi connectivity index (χ3n) is 3.43. The Bertz CT molecular complexity index is 752. The monoisotopic (exact) mass is 311 g/mol. The fourth-order valence-corrected chi connectivity index (χ4v) is 2.21. The van der Waals surface area contributed by atoms with E-state index >= 15 is 0 Å². The van der Waals surface area contributed by atoms with Gasteiger partial charge in [-0.25, -0.2) is 4.79 Å². The van der Waals surface area contributed by atoms with Gasteiger partial charge >= 0.3 is 5.97 Å². The van der Waals surface area contributed by atoms with Crippen LogP contribution < -0.4 is 5.32 Å². The van der Waals surface area contributed by atoms with Gasteiger partial charge in [-0.2, -0.15) is 5.26 Å². The molecule has 1 aromatic heterocycles. The highest BCUT2D eigenvalue weighted by molar-refractivity contribution is 5.99. The molecule has 23 heavy (non-hydrogen) atoms. The fraction of sp³-hybridized carbons (Fsp3) is 0.294. The van der Waals surface area contributed by atoms with Gasteiger partial charge in [0.1, 0.15) is 6.04 Å².